The molecule has 1 aromatic rings. The van der Waals surface area contributed by atoms with Crippen molar-refractivity contribution >= 4 is 5.69 Å². The molecule has 1 saturated carbocycles. The summed E-state index contributed by atoms with van der Waals surface area (Å²) in [4.78, 5) is 10.4. The van der Waals surface area contributed by atoms with Crippen LogP contribution in [0.5, 0.6) is 5.75 Å². The maximum atomic E-state index is 10.9. The number of benzene rings is 1. The smallest absolute Gasteiger partial charge is 0.273 e. The highest BCUT2D eigenvalue weighted by molar-refractivity contribution is 5.50. The molecule has 2 rings (SSSR count). The van der Waals surface area contributed by atoms with Crippen molar-refractivity contribution in [3.05, 3.63) is 33.9 Å². The molecule has 5 nitrogen and oxygen atoms in total. The molecule has 86 valence electrons. The first-order chi connectivity index (χ1) is 7.59. The van der Waals surface area contributed by atoms with Gasteiger partial charge in [0.15, 0.2) is 0 Å². The Kier molecular flexibility index (Phi) is 2.55. The van der Waals surface area contributed by atoms with Crippen LogP contribution >= 0.6 is 0 Å². The standard InChI is InChI=1S/C11H13NO4/c13-7-11(4-1-5-11)9-6-8(14)2-3-10(9)12(15)16/h2-3,6,13-14H,1,4-5,7H2. The van der Waals surface area contributed by atoms with Crippen LogP contribution in [0.3, 0.4) is 0 Å². The molecule has 0 atom stereocenters. The molecule has 0 saturated heterocycles. The number of nitro benzene ring substituents is 1. The minimum absolute atomic E-state index is 0.000301. The van der Waals surface area contributed by atoms with Crippen molar-refractivity contribution in [2.45, 2.75) is 24.7 Å². The zero-order chi connectivity index (χ0) is 11.8. The Morgan fingerprint density at radius 3 is 2.56 bits per heavy atom. The van der Waals surface area contributed by atoms with E-state index in [9.17, 15) is 20.3 Å². The van der Waals surface area contributed by atoms with Gasteiger partial charge in [-0.1, -0.05) is 6.42 Å². The Hall–Kier alpha value is -1.62. The van der Waals surface area contributed by atoms with Crippen LogP contribution in [0.15, 0.2) is 18.2 Å². The van der Waals surface area contributed by atoms with Crippen molar-refractivity contribution < 1.29 is 15.1 Å². The van der Waals surface area contributed by atoms with Gasteiger partial charge in [0.2, 0.25) is 0 Å². The molecule has 1 aliphatic rings. The normalized spacial score (nSPS) is 17.8. The lowest BCUT2D eigenvalue weighted by molar-refractivity contribution is -0.386. The Morgan fingerprint density at radius 1 is 1.44 bits per heavy atom. The topological polar surface area (TPSA) is 83.6 Å². The number of phenols is 1. The Labute approximate surface area is 92.5 Å². The van der Waals surface area contributed by atoms with E-state index in [0.717, 1.165) is 19.3 Å². The zero-order valence-electron chi connectivity index (χ0n) is 8.72. The second kappa shape index (κ2) is 3.75. The molecule has 0 unspecified atom stereocenters. The van der Waals surface area contributed by atoms with Crippen molar-refractivity contribution in [2.75, 3.05) is 6.61 Å². The maximum Gasteiger partial charge on any atom is 0.273 e. The van der Waals surface area contributed by atoms with Gasteiger partial charge in [0.1, 0.15) is 5.75 Å². The number of nitro groups is 1. The van der Waals surface area contributed by atoms with E-state index in [-0.39, 0.29) is 18.0 Å². The van der Waals surface area contributed by atoms with Gasteiger partial charge in [-0.25, -0.2) is 0 Å². The molecular weight excluding hydrogens is 210 g/mol. The average molecular weight is 223 g/mol. The van der Waals surface area contributed by atoms with Gasteiger partial charge in [-0.2, -0.15) is 0 Å². The van der Waals surface area contributed by atoms with E-state index in [1.807, 2.05) is 0 Å². The first-order valence-corrected chi connectivity index (χ1v) is 5.18. The Morgan fingerprint density at radius 2 is 2.12 bits per heavy atom. The number of hydrogen-bond donors (Lipinski definition) is 2. The fourth-order valence-electron chi connectivity index (χ4n) is 2.22. The van der Waals surface area contributed by atoms with E-state index >= 15 is 0 Å². The van der Waals surface area contributed by atoms with Crippen LogP contribution < -0.4 is 0 Å². The van der Waals surface area contributed by atoms with Gasteiger partial charge in [-0.3, -0.25) is 10.1 Å². The summed E-state index contributed by atoms with van der Waals surface area (Å²) in [6.07, 6.45) is 2.41. The third kappa shape index (κ3) is 1.53. The van der Waals surface area contributed by atoms with Crippen LogP contribution in [0.2, 0.25) is 0 Å². The summed E-state index contributed by atoms with van der Waals surface area (Å²) in [5, 5.41) is 29.7. The third-order valence-electron chi connectivity index (χ3n) is 3.36. The van der Waals surface area contributed by atoms with Gasteiger partial charge < -0.3 is 10.2 Å². The molecule has 0 aromatic heterocycles. The predicted molar refractivity (Wildman–Crippen MR) is 57.4 cm³/mol. The van der Waals surface area contributed by atoms with Gasteiger partial charge >= 0.3 is 0 Å². The lowest BCUT2D eigenvalue weighted by Gasteiger charge is -2.40. The highest BCUT2D eigenvalue weighted by atomic mass is 16.6. The van der Waals surface area contributed by atoms with E-state index in [1.165, 1.54) is 18.2 Å². The van der Waals surface area contributed by atoms with E-state index in [1.54, 1.807) is 0 Å². The second-order valence-electron chi connectivity index (χ2n) is 4.25. The molecule has 0 spiro atoms. The molecule has 5 heteroatoms. The van der Waals surface area contributed by atoms with Gasteiger partial charge in [0, 0.05) is 17.0 Å². The summed E-state index contributed by atoms with van der Waals surface area (Å²) < 4.78 is 0. The zero-order valence-corrected chi connectivity index (χ0v) is 8.72. The van der Waals surface area contributed by atoms with Crippen molar-refractivity contribution in [1.82, 2.24) is 0 Å². The summed E-state index contributed by atoms with van der Waals surface area (Å²) in [5.41, 5.74) is -0.0981. The summed E-state index contributed by atoms with van der Waals surface area (Å²) in [6.45, 7) is -0.114. The quantitative estimate of drug-likeness (QED) is 0.603. The highest BCUT2D eigenvalue weighted by Gasteiger charge is 2.42. The molecule has 0 aliphatic heterocycles. The van der Waals surface area contributed by atoms with Crippen molar-refractivity contribution in [1.29, 1.82) is 0 Å². The number of aliphatic hydroxyl groups is 1. The van der Waals surface area contributed by atoms with E-state index < -0.39 is 10.3 Å². The number of hydrogen-bond acceptors (Lipinski definition) is 4. The summed E-state index contributed by atoms with van der Waals surface area (Å²) >= 11 is 0. The van der Waals surface area contributed by atoms with Crippen LogP contribution in [-0.4, -0.2) is 21.7 Å². The molecule has 0 heterocycles. The van der Waals surface area contributed by atoms with Gasteiger partial charge in [-0.05, 0) is 25.0 Å². The summed E-state index contributed by atoms with van der Waals surface area (Å²) in [5.74, 6) is 0.000301. The fraction of sp³-hybridized carbons (Fsp3) is 0.455. The number of phenolic OH excluding ortho intramolecular Hbond substituents is 1. The molecule has 1 fully saturated rings. The van der Waals surface area contributed by atoms with E-state index in [2.05, 4.69) is 0 Å². The molecule has 16 heavy (non-hydrogen) atoms. The lowest BCUT2D eigenvalue weighted by atomic mass is 9.64. The number of aromatic hydroxyl groups is 1. The minimum Gasteiger partial charge on any atom is -0.508 e. The monoisotopic (exact) mass is 223 g/mol. The van der Waals surface area contributed by atoms with Gasteiger partial charge in [0.05, 0.1) is 11.5 Å². The largest absolute Gasteiger partial charge is 0.508 e. The van der Waals surface area contributed by atoms with Crippen molar-refractivity contribution in [3.8, 4) is 5.75 Å². The van der Waals surface area contributed by atoms with Crippen LogP contribution in [0.25, 0.3) is 0 Å². The molecule has 0 radical (unpaired) electrons. The molecular formula is C11H13NO4. The van der Waals surface area contributed by atoms with Crippen LogP contribution in [0.4, 0.5) is 5.69 Å². The third-order valence-corrected chi connectivity index (χ3v) is 3.36. The number of aliphatic hydroxyl groups excluding tert-OH is 1. The molecule has 0 bridgehead atoms. The van der Waals surface area contributed by atoms with E-state index in [0.29, 0.717) is 5.56 Å². The van der Waals surface area contributed by atoms with Crippen molar-refractivity contribution in [2.24, 2.45) is 0 Å². The van der Waals surface area contributed by atoms with Gasteiger partial charge in [0.25, 0.3) is 5.69 Å². The first-order valence-electron chi connectivity index (χ1n) is 5.18. The summed E-state index contributed by atoms with van der Waals surface area (Å²) in [6, 6.07) is 3.99. The Balaban J connectivity index is 2.53. The molecule has 0 amide bonds. The molecule has 1 aliphatic carbocycles. The number of rotatable bonds is 3. The van der Waals surface area contributed by atoms with Crippen LogP contribution in [-0.2, 0) is 5.41 Å². The molecule has 2 N–H and O–H groups in total. The van der Waals surface area contributed by atoms with Crippen LogP contribution in [0.1, 0.15) is 24.8 Å². The predicted octanol–water partition coefficient (Wildman–Crippen LogP) is 1.71. The Bertz CT molecular complexity index is 420. The summed E-state index contributed by atoms with van der Waals surface area (Å²) in [7, 11) is 0. The van der Waals surface area contributed by atoms with Crippen LogP contribution in [0, 0.1) is 10.1 Å². The molecule has 1 aromatic carbocycles. The van der Waals surface area contributed by atoms with Gasteiger partial charge in [-0.15, -0.1) is 0 Å². The van der Waals surface area contributed by atoms with Crippen molar-refractivity contribution in [3.63, 3.8) is 0 Å². The van der Waals surface area contributed by atoms with E-state index in [4.69, 9.17) is 0 Å². The first kappa shape index (κ1) is 10.9. The lowest BCUT2D eigenvalue weighted by Crippen LogP contribution is -2.38. The average Bonchev–Trinajstić information content (AvgIpc) is 2.16. The SMILES string of the molecule is O=[N+]([O-])c1ccc(O)cc1C1(CO)CCC1. The highest BCUT2D eigenvalue weighted by Crippen LogP contribution is 2.47. The minimum atomic E-state index is -0.527. The fourth-order valence-corrected chi connectivity index (χ4v) is 2.22. The second-order valence-corrected chi connectivity index (χ2v) is 4.25. The number of nitrogens with zero attached hydrogens (tertiary/aromatic N) is 1. The maximum absolute atomic E-state index is 10.9.